The molecule has 0 aliphatic heterocycles. The van der Waals surface area contributed by atoms with Crippen LogP contribution >= 0.6 is 0 Å². The molecule has 14 nitrogen and oxygen atoms in total. The van der Waals surface area contributed by atoms with Crippen molar-refractivity contribution in [3.63, 3.8) is 0 Å². The summed E-state index contributed by atoms with van der Waals surface area (Å²) < 4.78 is 46.2. The molecule has 3 N–H and O–H groups in total. The minimum Gasteiger partial charge on any atom is -0.481 e. The first-order valence-electron chi connectivity index (χ1n) is 8.51. The molecule has 3 amide bonds. The Hall–Kier alpha value is -4.14. The van der Waals surface area contributed by atoms with E-state index in [1.54, 1.807) is 4.72 Å². The Morgan fingerprint density at radius 3 is 2.03 bits per heavy atom. The molecule has 1 aromatic heterocycles. The minimum atomic E-state index is -4.63. The highest BCUT2D eigenvalue weighted by atomic mass is 32.2. The highest BCUT2D eigenvalue weighted by molar-refractivity contribution is 7.90. The average molecular weight is 469 g/mol. The summed E-state index contributed by atoms with van der Waals surface area (Å²) in [6.45, 7) is 0. The number of nitrogens with one attached hydrogen (secondary N) is 3. The van der Waals surface area contributed by atoms with E-state index in [4.69, 9.17) is 9.47 Å². The number of sulfonamides is 1. The number of amides is 3. The van der Waals surface area contributed by atoms with E-state index in [0.717, 1.165) is 26.4 Å². The third-order valence-corrected chi connectivity index (χ3v) is 5.03. The number of aromatic nitrogens is 2. The standard InChI is InChI=1S/C17H19N5O9S/c1-28-12-8-13(29-2)20-15(19-12)21-16(24)22-32(26,27)11-7-9(18-17(25)31-4)5-6-10(11)14(23)30-3/h5-8H,1-4H3,(H,18,25)(H2,19,20,21,22,24). The molecule has 0 saturated carbocycles. The number of esters is 1. The molecular formula is C17H19N5O9S. The summed E-state index contributed by atoms with van der Waals surface area (Å²) >= 11 is 0. The van der Waals surface area contributed by atoms with Gasteiger partial charge in [-0.25, -0.2) is 27.5 Å². The Kier molecular flexibility index (Phi) is 7.73. The molecule has 0 atom stereocenters. The molecule has 15 heteroatoms. The highest BCUT2D eigenvalue weighted by Crippen LogP contribution is 2.22. The van der Waals surface area contributed by atoms with E-state index in [2.05, 4.69) is 30.1 Å². The Labute approximate surface area is 182 Å². The number of nitrogens with zero attached hydrogens (tertiary/aromatic N) is 2. The van der Waals surface area contributed by atoms with Crippen LogP contribution in [0.4, 0.5) is 21.2 Å². The SMILES string of the molecule is COC(=O)Nc1ccc(C(=O)OC)c(S(=O)(=O)NC(=O)Nc2nc(OC)cc(OC)n2)c1. The highest BCUT2D eigenvalue weighted by Gasteiger charge is 2.26. The molecular weight excluding hydrogens is 450 g/mol. The van der Waals surface area contributed by atoms with E-state index >= 15 is 0 Å². The Balaban J connectivity index is 2.35. The van der Waals surface area contributed by atoms with Crippen LogP contribution in [0.3, 0.4) is 0 Å². The summed E-state index contributed by atoms with van der Waals surface area (Å²) in [4.78, 5) is 42.8. The summed E-state index contributed by atoms with van der Waals surface area (Å²) in [5, 5.41) is 4.37. The molecule has 0 spiro atoms. The van der Waals surface area contributed by atoms with E-state index in [1.807, 2.05) is 0 Å². The van der Waals surface area contributed by atoms with Crippen LogP contribution in [0, 0.1) is 0 Å². The van der Waals surface area contributed by atoms with Crippen molar-refractivity contribution in [2.24, 2.45) is 0 Å². The first-order valence-corrected chi connectivity index (χ1v) is 10.00. The molecule has 172 valence electrons. The molecule has 0 saturated heterocycles. The van der Waals surface area contributed by atoms with Gasteiger partial charge in [0, 0.05) is 5.69 Å². The lowest BCUT2D eigenvalue weighted by atomic mass is 10.2. The van der Waals surface area contributed by atoms with Crippen LogP contribution in [0.5, 0.6) is 11.8 Å². The van der Waals surface area contributed by atoms with Crippen molar-refractivity contribution in [2.45, 2.75) is 4.90 Å². The average Bonchev–Trinajstić information content (AvgIpc) is 2.77. The van der Waals surface area contributed by atoms with Crippen molar-refractivity contribution < 1.29 is 41.7 Å². The molecule has 0 unspecified atom stereocenters. The molecule has 0 bridgehead atoms. The summed E-state index contributed by atoms with van der Waals surface area (Å²) in [6, 6.07) is 3.38. The van der Waals surface area contributed by atoms with Gasteiger partial charge in [0.1, 0.15) is 4.90 Å². The molecule has 1 heterocycles. The molecule has 0 radical (unpaired) electrons. The Morgan fingerprint density at radius 2 is 1.50 bits per heavy atom. The van der Waals surface area contributed by atoms with Crippen molar-refractivity contribution in [3.05, 3.63) is 29.8 Å². The van der Waals surface area contributed by atoms with E-state index in [-0.39, 0.29) is 29.0 Å². The van der Waals surface area contributed by atoms with Crippen molar-refractivity contribution in [1.82, 2.24) is 14.7 Å². The number of carbonyl (C=O) groups is 3. The summed E-state index contributed by atoms with van der Waals surface area (Å²) in [5.41, 5.74) is -0.409. The number of benzene rings is 1. The quantitative estimate of drug-likeness (QED) is 0.491. The van der Waals surface area contributed by atoms with Crippen LogP contribution in [0.1, 0.15) is 10.4 Å². The third kappa shape index (κ3) is 5.94. The Bertz CT molecular complexity index is 1110. The van der Waals surface area contributed by atoms with Crippen molar-refractivity contribution >= 4 is 39.8 Å². The first kappa shape index (κ1) is 24.1. The summed E-state index contributed by atoms with van der Waals surface area (Å²) in [6.07, 6.45) is -0.881. The number of rotatable bonds is 7. The number of ether oxygens (including phenoxy) is 4. The minimum absolute atomic E-state index is 0.0221. The first-order chi connectivity index (χ1) is 15.1. The monoisotopic (exact) mass is 469 g/mol. The van der Waals surface area contributed by atoms with Crippen molar-refractivity contribution in [2.75, 3.05) is 39.1 Å². The van der Waals surface area contributed by atoms with Crippen LogP contribution in [0.15, 0.2) is 29.2 Å². The lowest BCUT2D eigenvalue weighted by Gasteiger charge is -2.13. The number of hydrogen-bond acceptors (Lipinski definition) is 11. The lowest BCUT2D eigenvalue weighted by Crippen LogP contribution is -2.35. The predicted molar refractivity (Wildman–Crippen MR) is 108 cm³/mol. The van der Waals surface area contributed by atoms with Gasteiger partial charge in [0.25, 0.3) is 10.0 Å². The van der Waals surface area contributed by atoms with Crippen LogP contribution < -0.4 is 24.8 Å². The van der Waals surface area contributed by atoms with E-state index in [0.29, 0.717) is 0 Å². The number of hydrogen-bond donors (Lipinski definition) is 3. The van der Waals surface area contributed by atoms with E-state index in [1.165, 1.54) is 26.4 Å². The summed E-state index contributed by atoms with van der Waals surface area (Å²) in [5.74, 6) is -1.21. The van der Waals surface area contributed by atoms with Crippen LogP contribution in [0.2, 0.25) is 0 Å². The van der Waals surface area contributed by atoms with Gasteiger partial charge in [-0.3, -0.25) is 10.6 Å². The maximum absolute atomic E-state index is 12.8. The summed E-state index contributed by atoms with van der Waals surface area (Å²) in [7, 11) is 0.161. The molecule has 1 aromatic carbocycles. The van der Waals surface area contributed by atoms with Gasteiger partial charge in [0.05, 0.1) is 40.1 Å². The van der Waals surface area contributed by atoms with E-state index in [9.17, 15) is 22.8 Å². The van der Waals surface area contributed by atoms with Crippen LogP contribution in [-0.2, 0) is 19.5 Å². The zero-order chi connectivity index (χ0) is 23.9. The van der Waals surface area contributed by atoms with Gasteiger partial charge in [0.2, 0.25) is 17.7 Å². The number of urea groups is 1. The Morgan fingerprint density at radius 1 is 0.875 bits per heavy atom. The van der Waals surface area contributed by atoms with Gasteiger partial charge < -0.3 is 18.9 Å². The molecule has 0 aliphatic carbocycles. The largest absolute Gasteiger partial charge is 0.481 e. The van der Waals surface area contributed by atoms with Gasteiger partial charge in [-0.2, -0.15) is 9.97 Å². The maximum atomic E-state index is 12.8. The second kappa shape index (κ2) is 10.3. The predicted octanol–water partition coefficient (Wildman–Crippen LogP) is 0.969. The fourth-order valence-electron chi connectivity index (χ4n) is 2.24. The number of anilines is 2. The zero-order valence-electron chi connectivity index (χ0n) is 17.3. The lowest BCUT2D eigenvalue weighted by molar-refractivity contribution is 0.0596. The topological polar surface area (TPSA) is 184 Å². The van der Waals surface area contributed by atoms with Gasteiger partial charge >= 0.3 is 18.1 Å². The van der Waals surface area contributed by atoms with Gasteiger partial charge in [-0.15, -0.1) is 0 Å². The molecule has 2 rings (SSSR count). The smallest absolute Gasteiger partial charge is 0.411 e. The maximum Gasteiger partial charge on any atom is 0.411 e. The van der Waals surface area contributed by atoms with Crippen molar-refractivity contribution in [1.29, 1.82) is 0 Å². The second-order valence-electron chi connectivity index (χ2n) is 5.65. The molecule has 32 heavy (non-hydrogen) atoms. The fraction of sp³-hybridized carbons (Fsp3) is 0.235. The second-order valence-corrected chi connectivity index (χ2v) is 7.31. The van der Waals surface area contributed by atoms with Crippen molar-refractivity contribution in [3.8, 4) is 11.8 Å². The number of carbonyl (C=O) groups excluding carboxylic acids is 3. The third-order valence-electron chi connectivity index (χ3n) is 3.66. The molecule has 0 fully saturated rings. The van der Waals surface area contributed by atoms with Crippen LogP contribution in [-0.4, -0.2) is 64.9 Å². The zero-order valence-corrected chi connectivity index (χ0v) is 18.1. The van der Waals surface area contributed by atoms with E-state index < -0.39 is 33.0 Å². The fourth-order valence-corrected chi connectivity index (χ4v) is 3.37. The number of methoxy groups -OCH3 is 4. The molecule has 0 aliphatic rings. The normalized spacial score (nSPS) is 10.5. The van der Waals surface area contributed by atoms with Crippen LogP contribution in [0.25, 0.3) is 0 Å². The molecule has 2 aromatic rings. The van der Waals surface area contributed by atoms with Gasteiger partial charge in [-0.1, -0.05) is 0 Å². The van der Waals surface area contributed by atoms with Gasteiger partial charge in [-0.05, 0) is 18.2 Å². The van der Waals surface area contributed by atoms with Gasteiger partial charge in [0.15, 0.2) is 0 Å².